The van der Waals surface area contributed by atoms with Crippen molar-refractivity contribution >= 4 is 34.2 Å². The zero-order valence-electron chi connectivity index (χ0n) is 31.1. The predicted octanol–water partition coefficient (Wildman–Crippen LogP) is 7.55. The molecule has 286 valence electrons. The fourth-order valence-corrected chi connectivity index (χ4v) is 6.25. The largest absolute Gasteiger partial charge is 0.493 e. The van der Waals surface area contributed by atoms with Gasteiger partial charge < -0.3 is 24.5 Å². The van der Waals surface area contributed by atoms with Crippen molar-refractivity contribution in [3.05, 3.63) is 172 Å². The quantitative estimate of drug-likeness (QED) is 0.114. The third-order valence-corrected chi connectivity index (χ3v) is 9.16. The second-order valence-electron chi connectivity index (χ2n) is 13.0. The van der Waals surface area contributed by atoms with Gasteiger partial charge in [0.2, 0.25) is 0 Å². The summed E-state index contributed by atoms with van der Waals surface area (Å²) in [5.41, 5.74) is 3.92. The SMILES string of the molecule is COc1cc(NC(=O)c2cc(=O)c3ccccc3o2)c(C(=O)Nc2ccc(CCN(Cc3cccnc3)Cc3cnc(-c4ccccc4F)nc3)cc2)cc1OC. The van der Waals surface area contributed by atoms with E-state index in [2.05, 4.69) is 30.5 Å². The van der Waals surface area contributed by atoms with Crippen LogP contribution in [0.25, 0.3) is 22.4 Å². The van der Waals surface area contributed by atoms with Crippen LogP contribution in [0.4, 0.5) is 15.8 Å². The number of hydrogen-bond acceptors (Lipinski definition) is 10. The number of rotatable bonds is 14. The number of ether oxygens (including phenoxy) is 2. The fourth-order valence-electron chi connectivity index (χ4n) is 6.25. The van der Waals surface area contributed by atoms with Crippen LogP contribution in [-0.4, -0.2) is 52.4 Å². The summed E-state index contributed by atoms with van der Waals surface area (Å²) < 4.78 is 30.9. The first-order chi connectivity index (χ1) is 27.8. The molecule has 12 nitrogen and oxygen atoms in total. The van der Waals surface area contributed by atoms with Gasteiger partial charge in [-0.3, -0.25) is 24.3 Å². The zero-order valence-corrected chi connectivity index (χ0v) is 31.1. The van der Waals surface area contributed by atoms with Crippen molar-refractivity contribution in [2.75, 3.05) is 31.4 Å². The number of anilines is 2. The molecule has 2 N–H and O–H groups in total. The van der Waals surface area contributed by atoms with Crippen molar-refractivity contribution in [1.82, 2.24) is 19.9 Å². The highest BCUT2D eigenvalue weighted by molar-refractivity contribution is 6.12. The van der Waals surface area contributed by atoms with Crippen LogP contribution in [-0.2, 0) is 19.5 Å². The molecule has 0 saturated heterocycles. The zero-order chi connectivity index (χ0) is 39.7. The van der Waals surface area contributed by atoms with E-state index in [9.17, 15) is 18.8 Å². The highest BCUT2D eigenvalue weighted by Crippen LogP contribution is 2.34. The van der Waals surface area contributed by atoms with E-state index in [1.807, 2.05) is 30.5 Å². The van der Waals surface area contributed by atoms with Gasteiger partial charge in [-0.05, 0) is 66.1 Å². The van der Waals surface area contributed by atoms with Crippen molar-refractivity contribution in [3.63, 3.8) is 0 Å². The van der Waals surface area contributed by atoms with Crippen LogP contribution >= 0.6 is 0 Å². The number of carbonyl (C=O) groups excluding carboxylic acids is 2. The molecule has 0 spiro atoms. The van der Waals surface area contributed by atoms with Gasteiger partial charge in [0.05, 0.1) is 36.4 Å². The topological polar surface area (TPSA) is 149 Å². The van der Waals surface area contributed by atoms with E-state index in [0.29, 0.717) is 48.5 Å². The number of aromatic nitrogens is 3. The van der Waals surface area contributed by atoms with Crippen molar-refractivity contribution in [3.8, 4) is 22.9 Å². The Hall–Kier alpha value is -7.25. The molecular weight excluding hydrogens is 728 g/mol. The van der Waals surface area contributed by atoms with Crippen molar-refractivity contribution in [1.29, 1.82) is 0 Å². The van der Waals surface area contributed by atoms with E-state index >= 15 is 0 Å². The molecule has 13 heteroatoms. The Bertz CT molecular complexity index is 2580. The summed E-state index contributed by atoms with van der Waals surface area (Å²) in [6, 6.07) is 28.5. The summed E-state index contributed by atoms with van der Waals surface area (Å²) in [7, 11) is 2.88. The monoisotopic (exact) mass is 764 g/mol. The summed E-state index contributed by atoms with van der Waals surface area (Å²) >= 11 is 0. The smallest absolute Gasteiger partial charge is 0.291 e. The molecule has 0 aliphatic rings. The first-order valence-corrected chi connectivity index (χ1v) is 18.0. The highest BCUT2D eigenvalue weighted by Gasteiger charge is 2.21. The Morgan fingerprint density at radius 1 is 0.754 bits per heavy atom. The van der Waals surface area contributed by atoms with E-state index in [0.717, 1.165) is 22.8 Å². The standard InChI is InChI=1S/C44H37FN6O6/c1-55-39-20-34(36(21-40(39)56-2)50-44(54)41-22-37(52)33-10-4-6-12-38(33)57-41)43(53)49-31-15-13-28(14-16-31)17-19-51(26-29-8-7-18-46-23-29)27-30-24-47-42(48-25-30)32-9-3-5-11-35(32)45/h3-16,18,20-25H,17,19,26-27H2,1-2H3,(H,49,53)(H,50,54). The lowest BCUT2D eigenvalue weighted by atomic mass is 10.1. The number of methoxy groups -OCH3 is 2. The Labute approximate surface area is 327 Å². The minimum absolute atomic E-state index is 0.0881. The van der Waals surface area contributed by atoms with Gasteiger partial charge in [-0.25, -0.2) is 14.4 Å². The van der Waals surface area contributed by atoms with Crippen molar-refractivity contribution in [2.24, 2.45) is 0 Å². The summed E-state index contributed by atoms with van der Waals surface area (Å²) in [5, 5.41) is 5.93. The molecule has 7 rings (SSSR count). The second-order valence-corrected chi connectivity index (χ2v) is 13.0. The highest BCUT2D eigenvalue weighted by atomic mass is 19.1. The molecule has 3 aromatic heterocycles. The molecule has 0 radical (unpaired) electrons. The minimum atomic E-state index is -0.729. The van der Waals surface area contributed by atoms with Crippen LogP contribution in [0.2, 0.25) is 0 Å². The lowest BCUT2D eigenvalue weighted by molar-refractivity contribution is 0.0997. The first-order valence-electron chi connectivity index (χ1n) is 18.0. The lowest BCUT2D eigenvalue weighted by Crippen LogP contribution is -2.25. The van der Waals surface area contributed by atoms with Gasteiger partial charge in [0.25, 0.3) is 11.8 Å². The number of para-hydroxylation sites is 1. The minimum Gasteiger partial charge on any atom is -0.493 e. The van der Waals surface area contributed by atoms with Crippen LogP contribution < -0.4 is 25.5 Å². The maximum absolute atomic E-state index is 14.3. The van der Waals surface area contributed by atoms with Gasteiger partial charge >= 0.3 is 0 Å². The van der Waals surface area contributed by atoms with Crippen LogP contribution in [0.3, 0.4) is 0 Å². The molecule has 0 fully saturated rings. The van der Waals surface area contributed by atoms with E-state index < -0.39 is 11.8 Å². The van der Waals surface area contributed by atoms with Crippen LogP contribution in [0.15, 0.2) is 137 Å². The van der Waals surface area contributed by atoms with E-state index in [1.165, 1.54) is 32.4 Å². The molecule has 3 heterocycles. The van der Waals surface area contributed by atoms with Crippen LogP contribution in [0.5, 0.6) is 11.5 Å². The molecule has 4 aromatic carbocycles. The number of pyridine rings is 1. The molecule has 0 aliphatic heterocycles. The molecular formula is C44H37FN6O6. The van der Waals surface area contributed by atoms with Gasteiger partial charge in [-0.1, -0.05) is 42.5 Å². The number of amides is 2. The van der Waals surface area contributed by atoms with Gasteiger partial charge in [-0.2, -0.15) is 0 Å². The summed E-state index contributed by atoms with van der Waals surface area (Å²) in [4.78, 5) is 55.2. The maximum Gasteiger partial charge on any atom is 0.291 e. The molecule has 57 heavy (non-hydrogen) atoms. The second kappa shape index (κ2) is 17.5. The normalized spacial score (nSPS) is 11.0. The van der Waals surface area contributed by atoms with Gasteiger partial charge in [0.15, 0.2) is 28.5 Å². The average Bonchev–Trinajstić information content (AvgIpc) is 3.24. The first kappa shape index (κ1) is 38.0. The molecule has 0 saturated carbocycles. The number of fused-ring (bicyclic) bond motifs is 1. The number of nitrogens with zero attached hydrogens (tertiary/aromatic N) is 4. The maximum atomic E-state index is 14.3. The number of nitrogens with one attached hydrogen (secondary N) is 2. The number of carbonyl (C=O) groups is 2. The molecule has 0 aliphatic carbocycles. The summed E-state index contributed by atoms with van der Waals surface area (Å²) in [5.74, 6) is -0.974. The summed E-state index contributed by atoms with van der Waals surface area (Å²) in [6.07, 6.45) is 7.70. The van der Waals surface area contributed by atoms with Gasteiger partial charge in [0.1, 0.15) is 11.4 Å². The molecule has 0 atom stereocenters. The fraction of sp³-hybridized carbons (Fsp3) is 0.136. The van der Waals surface area contributed by atoms with Crippen molar-refractivity contribution < 1.29 is 27.9 Å². The van der Waals surface area contributed by atoms with E-state index in [-0.39, 0.29) is 45.3 Å². The molecule has 7 aromatic rings. The third-order valence-electron chi connectivity index (χ3n) is 9.16. The van der Waals surface area contributed by atoms with Crippen molar-refractivity contribution in [2.45, 2.75) is 19.5 Å². The Balaban J connectivity index is 1.04. The van der Waals surface area contributed by atoms with E-state index in [1.54, 1.807) is 73.2 Å². The third kappa shape index (κ3) is 9.18. The van der Waals surface area contributed by atoms with E-state index in [4.69, 9.17) is 13.9 Å². The molecule has 0 unspecified atom stereocenters. The Kier molecular flexibility index (Phi) is 11.7. The molecule has 0 bridgehead atoms. The molecule has 2 amide bonds. The van der Waals surface area contributed by atoms with Crippen LogP contribution in [0.1, 0.15) is 37.6 Å². The predicted molar refractivity (Wildman–Crippen MR) is 214 cm³/mol. The summed E-state index contributed by atoms with van der Waals surface area (Å²) in [6.45, 7) is 1.87. The van der Waals surface area contributed by atoms with Gasteiger partial charge in [-0.15, -0.1) is 0 Å². The lowest BCUT2D eigenvalue weighted by Gasteiger charge is -2.22. The Morgan fingerprint density at radius 3 is 2.21 bits per heavy atom. The average molecular weight is 765 g/mol. The number of hydrogen-bond donors (Lipinski definition) is 2. The van der Waals surface area contributed by atoms with Crippen LogP contribution in [0, 0.1) is 5.82 Å². The number of benzene rings is 4. The number of halogens is 1. The van der Waals surface area contributed by atoms with Gasteiger partial charge in [0, 0.05) is 67.8 Å². The Morgan fingerprint density at radius 2 is 1.47 bits per heavy atom.